The number of H-pyrrole nitrogens is 1. The van der Waals surface area contributed by atoms with Crippen molar-refractivity contribution in [2.75, 3.05) is 32.7 Å². The minimum absolute atomic E-state index is 0.155. The largest absolute Gasteiger partial charge is 0.405 e. The summed E-state index contributed by atoms with van der Waals surface area (Å²) in [6, 6.07) is -0.818. The fourth-order valence-corrected chi connectivity index (χ4v) is 2.35. The summed E-state index contributed by atoms with van der Waals surface area (Å²) in [5.41, 5.74) is -0.484. The molecular weight excluding hydrogens is 319 g/mol. The lowest BCUT2D eigenvalue weighted by Crippen LogP contribution is -2.57. The minimum atomic E-state index is -4.48. The molecule has 1 fully saturated rings. The second-order valence-electron chi connectivity index (χ2n) is 5.08. The number of hydrogen-bond donors (Lipinski definition) is 3. The predicted octanol–water partition coefficient (Wildman–Crippen LogP) is 0.489. The third-order valence-corrected chi connectivity index (χ3v) is 3.55. The maximum atomic E-state index is 13.2. The lowest BCUT2D eigenvalue weighted by Gasteiger charge is -2.35. The summed E-state index contributed by atoms with van der Waals surface area (Å²) in [7, 11) is 0. The minimum Gasteiger partial charge on any atom is -0.351 e. The highest BCUT2D eigenvalue weighted by molar-refractivity contribution is 5.93. The highest BCUT2D eigenvalue weighted by Crippen LogP contribution is 2.25. The molecule has 0 saturated carbocycles. The number of halogens is 3. The maximum absolute atomic E-state index is 13.2. The summed E-state index contributed by atoms with van der Waals surface area (Å²) in [6.45, 7) is 0.740. The molecule has 1 aliphatic heterocycles. The van der Waals surface area contributed by atoms with Gasteiger partial charge in [-0.05, 0) is 0 Å². The molecule has 1 aliphatic rings. The van der Waals surface area contributed by atoms with E-state index in [1.165, 1.54) is 4.90 Å². The van der Waals surface area contributed by atoms with Gasteiger partial charge in [-0.3, -0.25) is 19.8 Å². The monoisotopic (exact) mass is 335 g/mol. The Hall–Kier alpha value is -2.14. The molecule has 1 amide bonds. The third-order valence-electron chi connectivity index (χ3n) is 3.55. The number of aromatic amines is 1. The average Bonchev–Trinajstić information content (AvgIpc) is 2.97. The number of nitro groups is 1. The number of hydrogen-bond acceptors (Lipinski definition) is 5. The van der Waals surface area contributed by atoms with Gasteiger partial charge in [0, 0.05) is 38.8 Å². The van der Waals surface area contributed by atoms with E-state index in [0.29, 0.717) is 13.1 Å². The van der Waals surface area contributed by atoms with E-state index in [0.717, 1.165) is 12.3 Å². The van der Waals surface area contributed by atoms with Crippen molar-refractivity contribution in [2.45, 2.75) is 12.2 Å². The molecule has 1 aromatic rings. The van der Waals surface area contributed by atoms with Gasteiger partial charge in [0.15, 0.2) is 0 Å². The number of piperazine rings is 1. The highest BCUT2D eigenvalue weighted by Gasteiger charge is 2.43. The van der Waals surface area contributed by atoms with Crippen molar-refractivity contribution in [3.8, 4) is 0 Å². The van der Waals surface area contributed by atoms with Gasteiger partial charge in [-0.25, -0.2) is 0 Å². The Morgan fingerprint density at radius 1 is 1.43 bits per heavy atom. The van der Waals surface area contributed by atoms with Gasteiger partial charge in [0.05, 0.1) is 11.1 Å². The Balaban J connectivity index is 1.99. The average molecular weight is 335 g/mol. The first-order valence-electron chi connectivity index (χ1n) is 6.91. The second kappa shape index (κ2) is 6.96. The molecule has 3 N–H and O–H groups in total. The van der Waals surface area contributed by atoms with E-state index in [9.17, 15) is 28.1 Å². The molecule has 23 heavy (non-hydrogen) atoms. The van der Waals surface area contributed by atoms with E-state index in [4.69, 9.17) is 0 Å². The fraction of sp³-hybridized carbons (Fsp3) is 0.583. The Bertz CT molecular complexity index is 569. The van der Waals surface area contributed by atoms with Crippen molar-refractivity contribution in [1.29, 1.82) is 0 Å². The van der Waals surface area contributed by atoms with Crippen LogP contribution in [0.3, 0.4) is 0 Å². The number of alkyl halides is 3. The number of carbonyl (C=O) groups excluding carboxylic acids is 1. The third kappa shape index (κ3) is 4.42. The Kier molecular flexibility index (Phi) is 5.21. The molecule has 0 radical (unpaired) electrons. The van der Waals surface area contributed by atoms with E-state index >= 15 is 0 Å². The normalized spacial score (nSPS) is 17.7. The molecule has 1 unspecified atom stereocenters. The van der Waals surface area contributed by atoms with Gasteiger partial charge in [0.1, 0.15) is 11.7 Å². The maximum Gasteiger partial charge on any atom is 0.405 e. The summed E-state index contributed by atoms with van der Waals surface area (Å²) >= 11 is 0. The molecule has 1 atom stereocenters. The van der Waals surface area contributed by atoms with Crippen LogP contribution in [0.15, 0.2) is 12.3 Å². The van der Waals surface area contributed by atoms with Crippen LogP contribution in [-0.4, -0.2) is 65.7 Å². The SMILES string of the molecule is O=C(NCC(N1CCNCC1)C(F)(F)F)c1cc([N+](=O)[O-])c[nH]1. The first-order valence-corrected chi connectivity index (χ1v) is 6.91. The molecule has 8 nitrogen and oxygen atoms in total. The molecule has 0 aliphatic carbocycles. The summed E-state index contributed by atoms with van der Waals surface area (Å²) < 4.78 is 39.5. The van der Waals surface area contributed by atoms with Crippen LogP contribution in [-0.2, 0) is 0 Å². The van der Waals surface area contributed by atoms with Crippen LogP contribution >= 0.6 is 0 Å². The van der Waals surface area contributed by atoms with Crippen molar-refractivity contribution in [2.24, 2.45) is 0 Å². The number of rotatable bonds is 5. The first-order chi connectivity index (χ1) is 10.8. The quantitative estimate of drug-likeness (QED) is 0.537. The molecule has 1 saturated heterocycles. The summed E-state index contributed by atoms with van der Waals surface area (Å²) in [5.74, 6) is -0.817. The predicted molar refractivity (Wildman–Crippen MR) is 74.1 cm³/mol. The first kappa shape index (κ1) is 17.2. The molecule has 0 spiro atoms. The van der Waals surface area contributed by atoms with Crippen molar-refractivity contribution >= 4 is 11.6 Å². The van der Waals surface area contributed by atoms with Gasteiger partial charge < -0.3 is 15.6 Å². The molecule has 0 aromatic carbocycles. The van der Waals surface area contributed by atoms with Crippen molar-refractivity contribution in [1.82, 2.24) is 20.5 Å². The number of carbonyl (C=O) groups is 1. The van der Waals surface area contributed by atoms with Crippen LogP contribution in [0.25, 0.3) is 0 Å². The van der Waals surface area contributed by atoms with Gasteiger partial charge >= 0.3 is 6.18 Å². The lowest BCUT2D eigenvalue weighted by molar-refractivity contribution is -0.384. The highest BCUT2D eigenvalue weighted by atomic mass is 19.4. The second-order valence-corrected chi connectivity index (χ2v) is 5.08. The molecule has 0 bridgehead atoms. The Labute approximate surface area is 129 Å². The van der Waals surface area contributed by atoms with Gasteiger partial charge in [0.2, 0.25) is 0 Å². The smallest absolute Gasteiger partial charge is 0.351 e. The molecule has 1 aromatic heterocycles. The zero-order valence-electron chi connectivity index (χ0n) is 12.0. The van der Waals surface area contributed by atoms with Crippen LogP contribution < -0.4 is 10.6 Å². The topological polar surface area (TPSA) is 103 Å². The number of nitrogens with zero attached hydrogens (tertiary/aromatic N) is 2. The van der Waals surface area contributed by atoms with E-state index in [2.05, 4.69) is 15.6 Å². The van der Waals surface area contributed by atoms with Crippen LogP contribution in [0.1, 0.15) is 10.5 Å². The van der Waals surface area contributed by atoms with Crippen molar-refractivity contribution in [3.63, 3.8) is 0 Å². The lowest BCUT2D eigenvalue weighted by atomic mass is 10.2. The summed E-state index contributed by atoms with van der Waals surface area (Å²) in [6.07, 6.45) is -3.47. The van der Waals surface area contributed by atoms with Crippen LogP contribution in [0.4, 0.5) is 18.9 Å². The van der Waals surface area contributed by atoms with Crippen molar-refractivity contribution in [3.05, 3.63) is 28.1 Å². The zero-order chi connectivity index (χ0) is 17.0. The number of amides is 1. The Morgan fingerprint density at radius 2 is 2.09 bits per heavy atom. The molecule has 2 rings (SSSR count). The summed E-state index contributed by atoms with van der Waals surface area (Å²) in [4.78, 5) is 25.3. The fourth-order valence-electron chi connectivity index (χ4n) is 2.35. The van der Waals surface area contributed by atoms with E-state index in [-0.39, 0.29) is 24.5 Å². The van der Waals surface area contributed by atoms with E-state index in [1.54, 1.807) is 0 Å². The van der Waals surface area contributed by atoms with E-state index in [1.807, 2.05) is 0 Å². The van der Waals surface area contributed by atoms with Gasteiger partial charge in [-0.15, -0.1) is 0 Å². The van der Waals surface area contributed by atoms with Gasteiger partial charge in [-0.2, -0.15) is 13.2 Å². The molecule has 2 heterocycles. The van der Waals surface area contributed by atoms with Crippen LogP contribution in [0.5, 0.6) is 0 Å². The van der Waals surface area contributed by atoms with Crippen LogP contribution in [0.2, 0.25) is 0 Å². The van der Waals surface area contributed by atoms with Gasteiger partial charge in [-0.1, -0.05) is 0 Å². The molecule has 128 valence electrons. The number of aromatic nitrogens is 1. The Morgan fingerprint density at radius 3 is 2.61 bits per heavy atom. The van der Waals surface area contributed by atoms with Crippen molar-refractivity contribution < 1.29 is 22.9 Å². The van der Waals surface area contributed by atoms with E-state index < -0.39 is 29.6 Å². The molecular formula is C12H16F3N5O3. The molecule has 11 heteroatoms. The zero-order valence-corrected chi connectivity index (χ0v) is 12.0. The van der Waals surface area contributed by atoms with Gasteiger partial charge in [0.25, 0.3) is 11.6 Å². The standard InChI is InChI=1S/C12H16F3N5O3/c13-12(14,15)10(19-3-1-16-2-4-19)7-18-11(21)9-5-8(6-17-9)20(22)23/h5-6,10,16-17H,1-4,7H2,(H,18,21). The number of nitrogens with one attached hydrogen (secondary N) is 3. The van der Waals surface area contributed by atoms with Crippen LogP contribution in [0, 0.1) is 10.1 Å². The summed E-state index contributed by atoms with van der Waals surface area (Å²) in [5, 5.41) is 15.7.